The predicted octanol–water partition coefficient (Wildman–Crippen LogP) is 1.83. The summed E-state index contributed by atoms with van der Waals surface area (Å²) in [6.07, 6.45) is 0. The normalized spacial score (nSPS) is 12.3. The first-order valence-corrected chi connectivity index (χ1v) is 6.23. The number of benzene rings is 1. The average molecular weight is 251 g/mol. The molecule has 1 aromatic rings. The summed E-state index contributed by atoms with van der Waals surface area (Å²) in [4.78, 5) is 12.1. The van der Waals surface area contributed by atoms with Crippen LogP contribution < -0.4 is 10.1 Å². The number of hydrogen-bond acceptors (Lipinski definition) is 3. The van der Waals surface area contributed by atoms with E-state index in [4.69, 9.17) is 4.74 Å². The summed E-state index contributed by atoms with van der Waals surface area (Å²) in [7, 11) is 0. The quantitative estimate of drug-likeness (QED) is 0.811. The Kier molecular flexibility index (Phi) is 5.65. The first-order valence-electron chi connectivity index (χ1n) is 6.23. The minimum Gasteiger partial charge on any atom is -0.493 e. The fourth-order valence-corrected chi connectivity index (χ4v) is 1.60. The maximum absolute atomic E-state index is 12.1. The SMILES string of the molecule is CCOc1ccccc1C(=O)N[C@H](CO)C(C)C. The third-order valence-electron chi connectivity index (χ3n) is 2.75. The van der Waals surface area contributed by atoms with Crippen molar-refractivity contribution in [3.63, 3.8) is 0 Å². The molecule has 0 aliphatic rings. The van der Waals surface area contributed by atoms with Gasteiger partial charge in [0, 0.05) is 0 Å². The number of aliphatic hydroxyl groups is 1. The zero-order valence-corrected chi connectivity index (χ0v) is 11.1. The predicted molar refractivity (Wildman–Crippen MR) is 70.8 cm³/mol. The maximum Gasteiger partial charge on any atom is 0.255 e. The Bertz CT molecular complexity index is 390. The molecule has 0 heterocycles. The molecule has 0 saturated carbocycles. The minimum absolute atomic E-state index is 0.0692. The van der Waals surface area contributed by atoms with Crippen LogP contribution in [0.25, 0.3) is 0 Å². The van der Waals surface area contributed by atoms with Crippen LogP contribution in [0.4, 0.5) is 0 Å². The lowest BCUT2D eigenvalue weighted by Crippen LogP contribution is -2.41. The third-order valence-corrected chi connectivity index (χ3v) is 2.75. The van der Waals surface area contributed by atoms with E-state index in [-0.39, 0.29) is 24.5 Å². The highest BCUT2D eigenvalue weighted by molar-refractivity contribution is 5.97. The van der Waals surface area contributed by atoms with Gasteiger partial charge in [0.05, 0.1) is 24.8 Å². The van der Waals surface area contributed by atoms with Gasteiger partial charge in [-0.25, -0.2) is 0 Å². The van der Waals surface area contributed by atoms with E-state index in [9.17, 15) is 9.90 Å². The molecule has 1 atom stereocenters. The van der Waals surface area contributed by atoms with Crippen LogP contribution in [0.3, 0.4) is 0 Å². The van der Waals surface area contributed by atoms with E-state index in [0.29, 0.717) is 17.9 Å². The Labute approximate surface area is 108 Å². The van der Waals surface area contributed by atoms with Gasteiger partial charge in [0.15, 0.2) is 0 Å². The number of carbonyl (C=O) groups is 1. The van der Waals surface area contributed by atoms with Crippen LogP contribution in [0.15, 0.2) is 24.3 Å². The summed E-state index contributed by atoms with van der Waals surface area (Å²) in [6, 6.07) is 6.86. The molecule has 0 spiro atoms. The van der Waals surface area contributed by atoms with Crippen molar-refractivity contribution in [1.29, 1.82) is 0 Å². The number of rotatable bonds is 6. The van der Waals surface area contributed by atoms with Gasteiger partial charge in [-0.15, -0.1) is 0 Å². The number of ether oxygens (including phenoxy) is 1. The van der Waals surface area contributed by atoms with Gasteiger partial charge >= 0.3 is 0 Å². The van der Waals surface area contributed by atoms with Gasteiger partial charge in [-0.3, -0.25) is 4.79 Å². The average Bonchev–Trinajstić information content (AvgIpc) is 2.36. The second kappa shape index (κ2) is 7.01. The van der Waals surface area contributed by atoms with Gasteiger partial charge in [-0.1, -0.05) is 26.0 Å². The Balaban J connectivity index is 2.83. The Hall–Kier alpha value is -1.55. The van der Waals surface area contributed by atoms with Crippen molar-refractivity contribution in [2.45, 2.75) is 26.8 Å². The fourth-order valence-electron chi connectivity index (χ4n) is 1.60. The molecule has 2 N–H and O–H groups in total. The van der Waals surface area contributed by atoms with Gasteiger partial charge in [0.2, 0.25) is 0 Å². The van der Waals surface area contributed by atoms with Gasteiger partial charge in [-0.05, 0) is 25.0 Å². The first kappa shape index (κ1) is 14.5. The molecule has 0 aliphatic carbocycles. The topological polar surface area (TPSA) is 58.6 Å². The van der Waals surface area contributed by atoms with Crippen molar-refractivity contribution in [2.24, 2.45) is 5.92 Å². The Morgan fingerprint density at radius 2 is 2.06 bits per heavy atom. The zero-order chi connectivity index (χ0) is 13.5. The lowest BCUT2D eigenvalue weighted by atomic mass is 10.0. The van der Waals surface area contributed by atoms with Crippen LogP contribution in [-0.2, 0) is 0 Å². The molecule has 18 heavy (non-hydrogen) atoms. The standard InChI is InChI=1S/C14H21NO3/c1-4-18-13-8-6-5-7-11(13)14(17)15-12(9-16)10(2)3/h5-8,10,12,16H,4,9H2,1-3H3,(H,15,17)/t12-/m1/s1. The molecular weight excluding hydrogens is 230 g/mol. The molecule has 0 radical (unpaired) electrons. The van der Waals surface area contributed by atoms with Crippen LogP contribution in [0.2, 0.25) is 0 Å². The van der Waals surface area contributed by atoms with Crippen LogP contribution in [-0.4, -0.2) is 30.3 Å². The van der Waals surface area contributed by atoms with Crippen molar-refractivity contribution in [3.8, 4) is 5.75 Å². The second-order valence-electron chi connectivity index (χ2n) is 4.44. The van der Waals surface area contributed by atoms with Gasteiger partial charge in [-0.2, -0.15) is 0 Å². The van der Waals surface area contributed by atoms with E-state index in [0.717, 1.165) is 0 Å². The van der Waals surface area contributed by atoms with Crippen LogP contribution in [0.1, 0.15) is 31.1 Å². The molecule has 0 fully saturated rings. The Morgan fingerprint density at radius 3 is 2.61 bits per heavy atom. The van der Waals surface area contributed by atoms with Crippen LogP contribution in [0.5, 0.6) is 5.75 Å². The van der Waals surface area contributed by atoms with Crippen LogP contribution in [0, 0.1) is 5.92 Å². The number of para-hydroxylation sites is 1. The molecular formula is C14H21NO3. The number of amides is 1. The molecule has 0 saturated heterocycles. The van der Waals surface area contributed by atoms with E-state index < -0.39 is 0 Å². The number of nitrogens with one attached hydrogen (secondary N) is 1. The molecule has 4 heteroatoms. The smallest absolute Gasteiger partial charge is 0.255 e. The molecule has 1 rings (SSSR count). The molecule has 0 bridgehead atoms. The summed E-state index contributed by atoms with van der Waals surface area (Å²) >= 11 is 0. The molecule has 1 aromatic carbocycles. The largest absolute Gasteiger partial charge is 0.493 e. The summed E-state index contributed by atoms with van der Waals surface area (Å²) < 4.78 is 5.41. The number of hydrogen-bond donors (Lipinski definition) is 2. The molecule has 0 aliphatic heterocycles. The van der Waals surface area contributed by atoms with E-state index >= 15 is 0 Å². The van der Waals surface area contributed by atoms with Crippen molar-refractivity contribution >= 4 is 5.91 Å². The molecule has 0 unspecified atom stereocenters. The summed E-state index contributed by atoms with van der Waals surface area (Å²) in [5, 5.41) is 12.0. The van der Waals surface area contributed by atoms with Crippen molar-refractivity contribution in [1.82, 2.24) is 5.32 Å². The maximum atomic E-state index is 12.1. The third kappa shape index (κ3) is 3.74. The monoisotopic (exact) mass is 251 g/mol. The van der Waals surface area contributed by atoms with Crippen molar-refractivity contribution in [3.05, 3.63) is 29.8 Å². The first-order chi connectivity index (χ1) is 8.60. The lowest BCUT2D eigenvalue weighted by Gasteiger charge is -2.20. The molecule has 100 valence electrons. The van der Waals surface area contributed by atoms with E-state index in [2.05, 4.69) is 5.32 Å². The highest BCUT2D eigenvalue weighted by atomic mass is 16.5. The van der Waals surface area contributed by atoms with Gasteiger partial charge in [0.25, 0.3) is 5.91 Å². The summed E-state index contributed by atoms with van der Waals surface area (Å²) in [5.41, 5.74) is 0.499. The highest BCUT2D eigenvalue weighted by Crippen LogP contribution is 2.18. The zero-order valence-electron chi connectivity index (χ0n) is 11.1. The van der Waals surface area contributed by atoms with Crippen molar-refractivity contribution < 1.29 is 14.6 Å². The van der Waals surface area contributed by atoms with Crippen LogP contribution >= 0.6 is 0 Å². The lowest BCUT2D eigenvalue weighted by molar-refractivity contribution is 0.0893. The highest BCUT2D eigenvalue weighted by Gasteiger charge is 2.18. The minimum atomic E-state index is -0.243. The van der Waals surface area contributed by atoms with Crippen molar-refractivity contribution in [2.75, 3.05) is 13.2 Å². The summed E-state index contributed by atoms with van der Waals surface area (Å²) in [5.74, 6) is 0.531. The molecule has 0 aromatic heterocycles. The van der Waals surface area contributed by atoms with E-state index in [1.807, 2.05) is 26.8 Å². The van der Waals surface area contributed by atoms with E-state index in [1.54, 1.807) is 18.2 Å². The number of aliphatic hydroxyl groups excluding tert-OH is 1. The van der Waals surface area contributed by atoms with E-state index in [1.165, 1.54) is 0 Å². The van der Waals surface area contributed by atoms with Gasteiger partial charge < -0.3 is 15.2 Å². The fraction of sp³-hybridized carbons (Fsp3) is 0.500. The summed E-state index contributed by atoms with van der Waals surface area (Å²) in [6.45, 7) is 6.22. The Morgan fingerprint density at radius 1 is 1.39 bits per heavy atom. The second-order valence-corrected chi connectivity index (χ2v) is 4.44. The molecule has 1 amide bonds. The molecule has 4 nitrogen and oxygen atoms in total. The number of carbonyl (C=O) groups excluding carboxylic acids is 1. The van der Waals surface area contributed by atoms with Gasteiger partial charge in [0.1, 0.15) is 5.75 Å².